The van der Waals surface area contributed by atoms with Gasteiger partial charge in [-0.25, -0.2) is 9.37 Å². The second kappa shape index (κ2) is 11.0. The van der Waals surface area contributed by atoms with Gasteiger partial charge < -0.3 is 20.2 Å². The fraction of sp³-hybridized carbons (Fsp3) is 0.115. The number of carbonyl (C=O) groups excluding carboxylic acids is 2. The number of hydrogen-bond donors (Lipinski definition) is 2. The van der Waals surface area contributed by atoms with Crippen LogP contribution in [-0.2, 0) is 11.2 Å². The van der Waals surface area contributed by atoms with Crippen LogP contribution in [0.5, 0.6) is 5.75 Å². The summed E-state index contributed by atoms with van der Waals surface area (Å²) >= 11 is 6.12. The highest BCUT2D eigenvalue weighted by Crippen LogP contribution is 2.33. The van der Waals surface area contributed by atoms with Gasteiger partial charge in [-0.15, -0.1) is 0 Å². The van der Waals surface area contributed by atoms with E-state index in [1.54, 1.807) is 6.07 Å². The van der Waals surface area contributed by atoms with Crippen molar-refractivity contribution in [3.05, 3.63) is 99.3 Å². The molecule has 0 aliphatic rings. The molecule has 3 N–H and O–H groups in total. The Morgan fingerprint density at radius 3 is 2.68 bits per heavy atom. The molecule has 0 saturated heterocycles. The van der Waals surface area contributed by atoms with Gasteiger partial charge in [0.15, 0.2) is 6.39 Å². The topological polar surface area (TPSA) is 153 Å². The molecule has 4 rings (SSSR count). The van der Waals surface area contributed by atoms with E-state index in [1.165, 1.54) is 50.2 Å². The van der Waals surface area contributed by atoms with Gasteiger partial charge in [-0.05, 0) is 36.4 Å². The van der Waals surface area contributed by atoms with E-state index < -0.39 is 29.2 Å². The highest BCUT2D eigenvalue weighted by Gasteiger charge is 2.26. The van der Waals surface area contributed by atoms with Crippen LogP contribution in [0, 0.1) is 17.1 Å². The Hall–Kier alpha value is -4.95. The molecule has 10 nitrogen and oxygen atoms in total. The second-order valence-corrected chi connectivity index (χ2v) is 8.47. The van der Waals surface area contributed by atoms with Crippen molar-refractivity contribution in [2.24, 2.45) is 5.73 Å². The lowest BCUT2D eigenvalue weighted by atomic mass is 10.00. The Balaban J connectivity index is 1.78. The number of aromatic nitrogens is 2. The van der Waals surface area contributed by atoms with E-state index in [0.29, 0.717) is 21.9 Å². The molecule has 38 heavy (non-hydrogen) atoms. The van der Waals surface area contributed by atoms with Crippen molar-refractivity contribution in [1.82, 2.24) is 9.55 Å². The number of nitrogens with one attached hydrogen (secondary N) is 1. The van der Waals surface area contributed by atoms with Crippen LogP contribution in [0.15, 0.2) is 70.5 Å². The summed E-state index contributed by atoms with van der Waals surface area (Å²) in [7, 11) is 1.37. The van der Waals surface area contributed by atoms with Crippen molar-refractivity contribution in [3.8, 4) is 22.9 Å². The molecule has 0 aliphatic carbocycles. The molecule has 1 unspecified atom stereocenters. The Morgan fingerprint density at radius 1 is 1.26 bits per heavy atom. The number of primary amides is 1. The lowest BCUT2D eigenvalue weighted by Gasteiger charge is -2.21. The number of pyridine rings is 1. The van der Waals surface area contributed by atoms with E-state index in [-0.39, 0.29) is 29.0 Å². The standard InChI is InChI=1S/C26H19ClFN5O5/c1-37-23-12-33(24(34)9-20(23)19-6-15(27)3-2-14(19)10-29)22(8-17-11-31-13-38-17)26(36)32-16-4-5-18(25(30)35)21(28)7-16/h2-7,9,11-13,22H,8H2,1H3,(H2,30,35)(H,32,36). The van der Waals surface area contributed by atoms with Crippen molar-refractivity contribution < 1.29 is 23.1 Å². The van der Waals surface area contributed by atoms with Gasteiger partial charge in [0.05, 0.1) is 36.7 Å². The molecule has 0 bridgehead atoms. The summed E-state index contributed by atoms with van der Waals surface area (Å²) in [4.78, 5) is 41.9. The molecule has 0 spiro atoms. The van der Waals surface area contributed by atoms with Crippen molar-refractivity contribution in [3.63, 3.8) is 0 Å². The van der Waals surface area contributed by atoms with Crippen LogP contribution in [0.1, 0.15) is 27.7 Å². The molecule has 0 fully saturated rings. The van der Waals surface area contributed by atoms with Gasteiger partial charge in [0.25, 0.3) is 11.5 Å². The van der Waals surface area contributed by atoms with Crippen LogP contribution in [0.25, 0.3) is 11.1 Å². The molecular weight excluding hydrogens is 517 g/mol. The van der Waals surface area contributed by atoms with Crippen LogP contribution in [0.3, 0.4) is 0 Å². The summed E-state index contributed by atoms with van der Waals surface area (Å²) in [6, 6.07) is 10.1. The number of nitrogens with two attached hydrogens (primary N) is 1. The van der Waals surface area contributed by atoms with Gasteiger partial charge >= 0.3 is 0 Å². The van der Waals surface area contributed by atoms with E-state index in [1.807, 2.05) is 0 Å². The number of halogens is 2. The molecule has 0 radical (unpaired) electrons. The molecule has 4 aromatic rings. The molecular formula is C26H19ClFN5O5. The number of methoxy groups -OCH3 is 1. The molecule has 12 heteroatoms. The first-order valence-electron chi connectivity index (χ1n) is 11.0. The van der Waals surface area contributed by atoms with Crippen LogP contribution in [-0.4, -0.2) is 28.5 Å². The second-order valence-electron chi connectivity index (χ2n) is 8.04. The number of nitriles is 1. The summed E-state index contributed by atoms with van der Waals surface area (Å²) in [5, 5.41) is 12.4. The zero-order valence-electron chi connectivity index (χ0n) is 19.8. The van der Waals surface area contributed by atoms with Gasteiger partial charge in [0, 0.05) is 34.3 Å². The van der Waals surface area contributed by atoms with E-state index in [0.717, 1.165) is 16.7 Å². The zero-order chi connectivity index (χ0) is 27.4. The molecule has 2 aromatic heterocycles. The number of benzene rings is 2. The minimum atomic E-state index is -1.19. The van der Waals surface area contributed by atoms with Crippen LogP contribution in [0.2, 0.25) is 5.02 Å². The maximum atomic E-state index is 14.3. The maximum Gasteiger partial charge on any atom is 0.252 e. The van der Waals surface area contributed by atoms with Crippen molar-refractivity contribution >= 4 is 29.1 Å². The largest absolute Gasteiger partial charge is 0.495 e. The van der Waals surface area contributed by atoms with Crippen molar-refractivity contribution in [2.75, 3.05) is 12.4 Å². The van der Waals surface area contributed by atoms with E-state index in [2.05, 4.69) is 16.4 Å². The third kappa shape index (κ3) is 5.40. The smallest absolute Gasteiger partial charge is 0.252 e. The quantitative estimate of drug-likeness (QED) is 0.349. The average molecular weight is 536 g/mol. The number of ether oxygens (including phenoxy) is 1. The van der Waals surface area contributed by atoms with Crippen molar-refractivity contribution in [1.29, 1.82) is 5.26 Å². The Kier molecular flexibility index (Phi) is 7.55. The fourth-order valence-corrected chi connectivity index (χ4v) is 4.02. The van der Waals surface area contributed by atoms with Gasteiger partial charge in [0.1, 0.15) is 23.4 Å². The van der Waals surface area contributed by atoms with Gasteiger partial charge in [-0.3, -0.25) is 19.0 Å². The molecule has 2 heterocycles. The predicted molar refractivity (Wildman–Crippen MR) is 135 cm³/mol. The lowest BCUT2D eigenvalue weighted by molar-refractivity contribution is -0.119. The SMILES string of the molecule is COc1cn(C(Cc2cnco2)C(=O)Nc2ccc(C(N)=O)c(F)c2)c(=O)cc1-c1cc(Cl)ccc1C#N. The molecule has 0 saturated carbocycles. The van der Waals surface area contributed by atoms with Gasteiger partial charge in [-0.1, -0.05) is 11.6 Å². The van der Waals surface area contributed by atoms with Crippen LogP contribution in [0.4, 0.5) is 10.1 Å². The highest BCUT2D eigenvalue weighted by molar-refractivity contribution is 6.31. The lowest BCUT2D eigenvalue weighted by Crippen LogP contribution is -2.34. The molecule has 192 valence electrons. The molecule has 1 atom stereocenters. The Labute approximate surface area is 220 Å². The van der Waals surface area contributed by atoms with Gasteiger partial charge in [-0.2, -0.15) is 5.26 Å². The first-order valence-corrected chi connectivity index (χ1v) is 11.4. The first kappa shape index (κ1) is 26.1. The van der Waals surface area contributed by atoms with Crippen molar-refractivity contribution in [2.45, 2.75) is 12.5 Å². The number of anilines is 1. The number of oxazole rings is 1. The Morgan fingerprint density at radius 2 is 2.05 bits per heavy atom. The normalized spacial score (nSPS) is 11.4. The first-order chi connectivity index (χ1) is 18.2. The number of rotatable bonds is 8. The van der Waals surface area contributed by atoms with E-state index in [4.69, 9.17) is 26.5 Å². The van der Waals surface area contributed by atoms with Crippen LogP contribution < -0.4 is 21.3 Å². The average Bonchev–Trinajstić information content (AvgIpc) is 3.40. The van der Waals surface area contributed by atoms with Crippen LogP contribution >= 0.6 is 11.6 Å². The third-order valence-corrected chi connectivity index (χ3v) is 5.91. The number of carbonyl (C=O) groups is 2. The summed E-state index contributed by atoms with van der Waals surface area (Å²) in [5.41, 5.74) is 5.18. The minimum Gasteiger partial charge on any atom is -0.495 e. The van der Waals surface area contributed by atoms with Gasteiger partial charge in [0.2, 0.25) is 5.91 Å². The number of nitrogens with zero attached hydrogens (tertiary/aromatic N) is 3. The minimum absolute atomic E-state index is 0.0364. The summed E-state index contributed by atoms with van der Waals surface area (Å²) in [6.45, 7) is 0. The molecule has 2 amide bonds. The number of amides is 2. The highest BCUT2D eigenvalue weighted by atomic mass is 35.5. The van der Waals surface area contributed by atoms with E-state index >= 15 is 0 Å². The summed E-state index contributed by atoms with van der Waals surface area (Å²) in [6.07, 6.45) is 3.81. The molecule has 2 aromatic carbocycles. The molecule has 0 aliphatic heterocycles. The Bertz CT molecular complexity index is 1630. The van der Waals surface area contributed by atoms with E-state index in [9.17, 15) is 24.0 Å². The summed E-state index contributed by atoms with van der Waals surface area (Å²) in [5.74, 6) is -2.07. The fourth-order valence-electron chi connectivity index (χ4n) is 3.85. The maximum absolute atomic E-state index is 14.3. The zero-order valence-corrected chi connectivity index (χ0v) is 20.5. The predicted octanol–water partition coefficient (Wildman–Crippen LogP) is 3.70. The number of hydrogen-bond acceptors (Lipinski definition) is 7. The summed E-state index contributed by atoms with van der Waals surface area (Å²) < 4.78 is 26.2. The third-order valence-electron chi connectivity index (χ3n) is 5.67. The monoisotopic (exact) mass is 535 g/mol.